The van der Waals surface area contributed by atoms with Crippen molar-refractivity contribution in [3.8, 4) is 0 Å². The van der Waals surface area contributed by atoms with E-state index in [9.17, 15) is 9.90 Å². The molecule has 1 saturated carbocycles. The summed E-state index contributed by atoms with van der Waals surface area (Å²) in [4.78, 5) is 14.8. The maximum absolute atomic E-state index is 12.5. The lowest BCUT2D eigenvalue weighted by Gasteiger charge is -2.51. The Kier molecular flexibility index (Phi) is 5.35. The molecule has 5 heteroatoms. The molecule has 1 amide bonds. The van der Waals surface area contributed by atoms with Gasteiger partial charge in [-0.2, -0.15) is 0 Å². The number of aliphatic hydroxyl groups is 1. The molecule has 1 aliphatic heterocycles. The summed E-state index contributed by atoms with van der Waals surface area (Å²) in [6.45, 7) is 8.74. The van der Waals surface area contributed by atoms with E-state index in [1.54, 1.807) is 0 Å². The quantitative estimate of drug-likeness (QED) is 0.860. The zero-order chi connectivity index (χ0) is 18.0. The van der Waals surface area contributed by atoms with E-state index in [2.05, 4.69) is 24.1 Å². The van der Waals surface area contributed by atoms with Crippen molar-refractivity contribution < 1.29 is 14.6 Å². The highest BCUT2D eigenvalue weighted by Gasteiger charge is 2.49. The summed E-state index contributed by atoms with van der Waals surface area (Å²) in [5.74, 6) is -0.0198. The lowest BCUT2D eigenvalue weighted by atomic mass is 9.64. The van der Waals surface area contributed by atoms with Crippen LogP contribution in [-0.2, 0) is 4.74 Å². The summed E-state index contributed by atoms with van der Waals surface area (Å²) < 4.78 is 5.73. The van der Waals surface area contributed by atoms with Gasteiger partial charge < -0.3 is 20.1 Å². The Morgan fingerprint density at radius 2 is 1.92 bits per heavy atom. The molecule has 5 nitrogen and oxygen atoms in total. The Morgan fingerprint density at radius 3 is 2.48 bits per heavy atom. The van der Waals surface area contributed by atoms with Crippen LogP contribution in [0, 0.1) is 5.41 Å². The maximum atomic E-state index is 12.5. The van der Waals surface area contributed by atoms with Gasteiger partial charge in [0.1, 0.15) is 0 Å². The number of carbonyl (C=O) groups is 1. The summed E-state index contributed by atoms with van der Waals surface area (Å²) >= 11 is 0. The molecule has 3 rings (SSSR count). The van der Waals surface area contributed by atoms with E-state index in [-0.39, 0.29) is 29.6 Å². The number of benzene rings is 1. The highest BCUT2D eigenvalue weighted by molar-refractivity contribution is 5.94. The van der Waals surface area contributed by atoms with Gasteiger partial charge in [-0.15, -0.1) is 0 Å². The van der Waals surface area contributed by atoms with E-state index in [1.807, 2.05) is 31.2 Å². The molecule has 2 aliphatic rings. The van der Waals surface area contributed by atoms with Gasteiger partial charge in [0.05, 0.1) is 12.2 Å². The topological polar surface area (TPSA) is 61.8 Å². The Balaban J connectivity index is 1.56. The summed E-state index contributed by atoms with van der Waals surface area (Å²) in [7, 11) is 0. The number of amides is 1. The van der Waals surface area contributed by atoms with Crippen molar-refractivity contribution >= 4 is 11.6 Å². The van der Waals surface area contributed by atoms with Gasteiger partial charge >= 0.3 is 0 Å². The fourth-order valence-corrected chi connectivity index (χ4v) is 3.80. The summed E-state index contributed by atoms with van der Waals surface area (Å²) in [6, 6.07) is 7.94. The second-order valence-electron chi connectivity index (χ2n) is 7.79. The summed E-state index contributed by atoms with van der Waals surface area (Å²) in [5.41, 5.74) is 1.78. The number of nitrogens with one attached hydrogen (secondary N) is 1. The number of ether oxygens (including phenoxy) is 1. The van der Waals surface area contributed by atoms with E-state index in [4.69, 9.17) is 4.74 Å². The third kappa shape index (κ3) is 3.82. The number of piperidine rings is 1. The molecule has 1 aromatic rings. The Labute approximate surface area is 150 Å². The van der Waals surface area contributed by atoms with Gasteiger partial charge in [-0.3, -0.25) is 4.79 Å². The average molecular weight is 346 g/mol. The van der Waals surface area contributed by atoms with Gasteiger partial charge in [0.2, 0.25) is 0 Å². The SMILES string of the molecule is CCO[C@@H]1C[C@@H](NC(=O)c2ccc(N3CCC(O)CC3)cc2)C1(C)C. The summed E-state index contributed by atoms with van der Waals surface area (Å²) in [5, 5.41) is 12.8. The van der Waals surface area contributed by atoms with Gasteiger partial charge in [-0.1, -0.05) is 13.8 Å². The molecule has 2 N–H and O–H groups in total. The number of aliphatic hydroxyl groups excluding tert-OH is 1. The molecule has 2 atom stereocenters. The predicted octanol–water partition coefficient (Wildman–Crippen LogP) is 2.58. The highest BCUT2D eigenvalue weighted by Crippen LogP contribution is 2.42. The van der Waals surface area contributed by atoms with Gasteiger partial charge in [-0.05, 0) is 50.5 Å². The minimum atomic E-state index is -0.173. The lowest BCUT2D eigenvalue weighted by Crippen LogP contribution is -2.62. The zero-order valence-electron chi connectivity index (χ0n) is 15.5. The average Bonchev–Trinajstić information content (AvgIpc) is 2.61. The van der Waals surface area contributed by atoms with Crippen molar-refractivity contribution in [2.45, 2.75) is 58.3 Å². The van der Waals surface area contributed by atoms with Crippen molar-refractivity contribution in [2.75, 3.05) is 24.6 Å². The van der Waals surface area contributed by atoms with E-state index < -0.39 is 0 Å². The molecule has 1 aliphatic carbocycles. The molecule has 0 radical (unpaired) electrons. The molecule has 0 bridgehead atoms. The molecular weight excluding hydrogens is 316 g/mol. The molecule has 138 valence electrons. The van der Waals surface area contributed by atoms with E-state index in [0.717, 1.165) is 38.0 Å². The number of anilines is 1. The van der Waals surface area contributed by atoms with Crippen molar-refractivity contribution in [2.24, 2.45) is 5.41 Å². The Bertz CT molecular complexity index is 591. The molecule has 25 heavy (non-hydrogen) atoms. The smallest absolute Gasteiger partial charge is 0.251 e. The first kappa shape index (κ1) is 18.2. The minimum absolute atomic E-state index is 0.0198. The van der Waals surface area contributed by atoms with Crippen LogP contribution < -0.4 is 10.2 Å². The van der Waals surface area contributed by atoms with Crippen LogP contribution in [0.1, 0.15) is 50.4 Å². The number of carbonyl (C=O) groups excluding carboxylic acids is 1. The van der Waals surface area contributed by atoms with Crippen molar-refractivity contribution in [3.63, 3.8) is 0 Å². The van der Waals surface area contributed by atoms with E-state index >= 15 is 0 Å². The summed E-state index contributed by atoms with van der Waals surface area (Å²) in [6.07, 6.45) is 2.54. The molecule has 1 heterocycles. The first-order valence-electron chi connectivity index (χ1n) is 9.37. The molecular formula is C20H30N2O3. The lowest BCUT2D eigenvalue weighted by molar-refractivity contribution is -0.111. The minimum Gasteiger partial charge on any atom is -0.393 e. The van der Waals surface area contributed by atoms with Crippen molar-refractivity contribution in [1.82, 2.24) is 5.32 Å². The molecule has 1 aromatic carbocycles. The van der Waals surface area contributed by atoms with Crippen LogP contribution in [0.4, 0.5) is 5.69 Å². The molecule has 1 saturated heterocycles. The van der Waals surface area contributed by atoms with E-state index in [0.29, 0.717) is 12.2 Å². The molecule has 0 aromatic heterocycles. The number of nitrogens with zero attached hydrogens (tertiary/aromatic N) is 1. The standard InChI is InChI=1S/C20H30N2O3/c1-4-25-18-13-17(20(18,2)3)21-19(24)14-5-7-15(8-6-14)22-11-9-16(23)10-12-22/h5-8,16-18,23H,4,9-13H2,1-3H3,(H,21,24)/t17-,18-/m1/s1. The second kappa shape index (κ2) is 7.34. The Morgan fingerprint density at radius 1 is 1.28 bits per heavy atom. The van der Waals surface area contributed by atoms with Crippen LogP contribution >= 0.6 is 0 Å². The van der Waals surface area contributed by atoms with Crippen LogP contribution in [0.5, 0.6) is 0 Å². The van der Waals surface area contributed by atoms with E-state index in [1.165, 1.54) is 0 Å². The van der Waals surface area contributed by atoms with Crippen LogP contribution in [0.15, 0.2) is 24.3 Å². The number of rotatable bonds is 5. The van der Waals surface area contributed by atoms with Crippen LogP contribution in [-0.4, -0.2) is 49.0 Å². The third-order valence-electron chi connectivity index (χ3n) is 5.81. The maximum Gasteiger partial charge on any atom is 0.251 e. The van der Waals surface area contributed by atoms with Crippen molar-refractivity contribution in [1.29, 1.82) is 0 Å². The highest BCUT2D eigenvalue weighted by atomic mass is 16.5. The second-order valence-corrected chi connectivity index (χ2v) is 7.79. The number of hydrogen-bond donors (Lipinski definition) is 2. The number of hydrogen-bond acceptors (Lipinski definition) is 4. The van der Waals surface area contributed by atoms with Crippen LogP contribution in [0.2, 0.25) is 0 Å². The van der Waals surface area contributed by atoms with Gasteiger partial charge in [0.15, 0.2) is 0 Å². The van der Waals surface area contributed by atoms with Crippen LogP contribution in [0.3, 0.4) is 0 Å². The zero-order valence-corrected chi connectivity index (χ0v) is 15.5. The van der Waals surface area contributed by atoms with Crippen molar-refractivity contribution in [3.05, 3.63) is 29.8 Å². The molecule has 2 fully saturated rings. The van der Waals surface area contributed by atoms with Crippen LogP contribution in [0.25, 0.3) is 0 Å². The van der Waals surface area contributed by atoms with Gasteiger partial charge in [0, 0.05) is 42.4 Å². The fourth-order valence-electron chi connectivity index (χ4n) is 3.80. The molecule has 0 unspecified atom stereocenters. The fraction of sp³-hybridized carbons (Fsp3) is 0.650. The van der Waals surface area contributed by atoms with Gasteiger partial charge in [-0.25, -0.2) is 0 Å². The molecule has 0 spiro atoms. The monoisotopic (exact) mass is 346 g/mol. The first-order chi connectivity index (χ1) is 11.9. The largest absolute Gasteiger partial charge is 0.393 e. The predicted molar refractivity (Wildman–Crippen MR) is 99.0 cm³/mol. The first-order valence-corrected chi connectivity index (χ1v) is 9.37. The van der Waals surface area contributed by atoms with Gasteiger partial charge in [0.25, 0.3) is 5.91 Å². The Hall–Kier alpha value is -1.59. The normalized spacial score (nSPS) is 26.2. The third-order valence-corrected chi connectivity index (χ3v) is 5.81.